The molecule has 0 aromatic carbocycles. The Labute approximate surface area is 53.8 Å². The van der Waals surface area contributed by atoms with E-state index in [9.17, 15) is 0 Å². The third-order valence-corrected chi connectivity index (χ3v) is 1.12. The SMILES string of the molecule is CC1=NC=NC=C=[N+]1C. The van der Waals surface area contributed by atoms with Gasteiger partial charge in [0, 0.05) is 6.92 Å². The second-order valence-electron chi connectivity index (χ2n) is 1.76. The monoisotopic (exact) mass is 122 g/mol. The molecule has 0 N–H and O–H groups in total. The van der Waals surface area contributed by atoms with E-state index in [-0.39, 0.29) is 0 Å². The fraction of sp³-hybridized carbons (Fsp3) is 0.333. The first-order valence-corrected chi connectivity index (χ1v) is 2.68. The average Bonchev–Trinajstić information content (AvgIpc) is 1.99. The van der Waals surface area contributed by atoms with Crippen LogP contribution in [-0.4, -0.2) is 29.7 Å². The summed E-state index contributed by atoms with van der Waals surface area (Å²) in [5.41, 5.74) is 0. The molecule has 0 spiro atoms. The molecule has 0 bridgehead atoms. The molecule has 0 atom stereocenters. The van der Waals surface area contributed by atoms with Crippen molar-refractivity contribution in [3.05, 3.63) is 6.20 Å². The van der Waals surface area contributed by atoms with Crippen molar-refractivity contribution >= 4 is 18.0 Å². The predicted octanol–water partition coefficient (Wildman–Crippen LogP) is 0.272. The molecule has 0 amide bonds. The maximum Gasteiger partial charge on any atom is 0.304 e. The zero-order valence-corrected chi connectivity index (χ0v) is 5.50. The molecule has 1 rings (SSSR count). The molecule has 0 aromatic heterocycles. The van der Waals surface area contributed by atoms with Crippen LogP contribution in [0.4, 0.5) is 0 Å². The van der Waals surface area contributed by atoms with Crippen molar-refractivity contribution in [3.63, 3.8) is 0 Å². The van der Waals surface area contributed by atoms with Gasteiger partial charge >= 0.3 is 5.84 Å². The lowest BCUT2D eigenvalue weighted by Gasteiger charge is -1.83. The summed E-state index contributed by atoms with van der Waals surface area (Å²) in [6.45, 7) is 1.90. The van der Waals surface area contributed by atoms with E-state index in [2.05, 4.69) is 15.9 Å². The smallest absolute Gasteiger partial charge is 0.209 e. The van der Waals surface area contributed by atoms with Crippen LogP contribution in [-0.2, 0) is 0 Å². The van der Waals surface area contributed by atoms with E-state index in [0.29, 0.717) is 0 Å². The quantitative estimate of drug-likeness (QED) is 0.413. The molecule has 0 aliphatic carbocycles. The normalized spacial score (nSPS) is 16.7. The molecular weight excluding hydrogens is 114 g/mol. The fourth-order valence-electron chi connectivity index (χ4n) is 0.450. The Morgan fingerprint density at radius 3 is 3.22 bits per heavy atom. The molecule has 0 saturated carbocycles. The number of aliphatic imine (C=N–C) groups is 2. The van der Waals surface area contributed by atoms with Crippen LogP contribution in [0.1, 0.15) is 6.92 Å². The molecule has 3 heteroatoms. The van der Waals surface area contributed by atoms with Gasteiger partial charge in [0.05, 0.1) is 12.9 Å². The topological polar surface area (TPSA) is 27.7 Å². The van der Waals surface area contributed by atoms with Gasteiger partial charge in [-0.15, -0.1) is 0 Å². The van der Waals surface area contributed by atoms with E-state index in [0.717, 1.165) is 5.84 Å². The average molecular weight is 122 g/mol. The third kappa shape index (κ3) is 1.34. The summed E-state index contributed by atoms with van der Waals surface area (Å²) in [5, 5.41) is 0. The Kier molecular flexibility index (Phi) is 1.56. The van der Waals surface area contributed by atoms with Crippen LogP contribution in [0.2, 0.25) is 0 Å². The lowest BCUT2D eigenvalue weighted by Crippen LogP contribution is -2.10. The lowest BCUT2D eigenvalue weighted by molar-refractivity contribution is -0.363. The minimum absolute atomic E-state index is 0.896. The number of rotatable bonds is 0. The highest BCUT2D eigenvalue weighted by Gasteiger charge is 1.99. The van der Waals surface area contributed by atoms with Gasteiger partial charge in [-0.3, -0.25) is 0 Å². The second-order valence-corrected chi connectivity index (χ2v) is 1.76. The number of amidine groups is 1. The zero-order chi connectivity index (χ0) is 6.69. The molecule has 0 radical (unpaired) electrons. The fourth-order valence-corrected chi connectivity index (χ4v) is 0.450. The van der Waals surface area contributed by atoms with Crippen molar-refractivity contribution in [3.8, 4) is 0 Å². The van der Waals surface area contributed by atoms with Gasteiger partial charge in [0.25, 0.3) is 0 Å². The van der Waals surface area contributed by atoms with Gasteiger partial charge in [-0.25, -0.2) is 4.99 Å². The first kappa shape index (κ1) is 5.92. The van der Waals surface area contributed by atoms with Crippen LogP contribution in [0.5, 0.6) is 0 Å². The lowest BCUT2D eigenvalue weighted by atomic mass is 10.6. The molecule has 3 nitrogen and oxygen atoms in total. The Morgan fingerprint density at radius 2 is 2.44 bits per heavy atom. The first-order chi connectivity index (χ1) is 4.30. The summed E-state index contributed by atoms with van der Waals surface area (Å²) >= 11 is 0. The summed E-state index contributed by atoms with van der Waals surface area (Å²) in [6.07, 6.45) is 3.09. The third-order valence-electron chi connectivity index (χ3n) is 1.12. The molecule has 0 aromatic rings. The number of hydrogen-bond acceptors (Lipinski definition) is 2. The second kappa shape index (κ2) is 2.37. The van der Waals surface area contributed by atoms with Crippen molar-refractivity contribution < 1.29 is 4.58 Å². The minimum atomic E-state index is 0.896. The Bertz CT molecular complexity index is 229. The van der Waals surface area contributed by atoms with Crippen LogP contribution < -0.4 is 0 Å². The van der Waals surface area contributed by atoms with Gasteiger partial charge in [0.2, 0.25) is 6.34 Å². The van der Waals surface area contributed by atoms with E-state index in [1.807, 2.05) is 14.0 Å². The van der Waals surface area contributed by atoms with Gasteiger partial charge in [0.15, 0.2) is 0 Å². The van der Waals surface area contributed by atoms with Crippen molar-refractivity contribution in [1.29, 1.82) is 0 Å². The van der Waals surface area contributed by atoms with Gasteiger partial charge in [-0.2, -0.15) is 4.58 Å². The Hall–Kier alpha value is -1.21. The van der Waals surface area contributed by atoms with Gasteiger partial charge in [-0.05, 0) is 4.99 Å². The van der Waals surface area contributed by atoms with Crippen LogP contribution in [0.25, 0.3) is 0 Å². The molecule has 46 valence electrons. The van der Waals surface area contributed by atoms with E-state index < -0.39 is 0 Å². The molecule has 0 saturated heterocycles. The minimum Gasteiger partial charge on any atom is -0.209 e. The number of nitrogens with zero attached hydrogens (tertiary/aromatic N) is 3. The number of hydrogen-bond donors (Lipinski definition) is 0. The molecule has 1 aliphatic rings. The summed E-state index contributed by atoms with van der Waals surface area (Å²) in [4.78, 5) is 7.74. The van der Waals surface area contributed by atoms with Crippen LogP contribution in [0.15, 0.2) is 16.2 Å². The molecular formula is C6H8N3+. The standard InChI is InChI=1S/C6H8N3/c1-6-8-5-7-3-4-9(6)2/h3,5H,1-2H3/q+1. The zero-order valence-electron chi connectivity index (χ0n) is 5.50. The maximum absolute atomic E-state index is 3.96. The maximum atomic E-state index is 3.96. The van der Waals surface area contributed by atoms with Crippen LogP contribution in [0, 0.1) is 0 Å². The van der Waals surface area contributed by atoms with E-state index >= 15 is 0 Å². The van der Waals surface area contributed by atoms with Gasteiger partial charge in [-0.1, -0.05) is 0 Å². The van der Waals surface area contributed by atoms with Gasteiger partial charge < -0.3 is 0 Å². The van der Waals surface area contributed by atoms with E-state index in [4.69, 9.17) is 0 Å². The Balaban J connectivity index is 3.06. The van der Waals surface area contributed by atoms with Crippen LogP contribution in [0.3, 0.4) is 0 Å². The van der Waals surface area contributed by atoms with E-state index in [1.54, 1.807) is 10.8 Å². The highest BCUT2D eigenvalue weighted by atomic mass is 15.1. The van der Waals surface area contributed by atoms with Crippen molar-refractivity contribution in [2.45, 2.75) is 6.92 Å². The van der Waals surface area contributed by atoms with Crippen molar-refractivity contribution in [1.82, 2.24) is 0 Å². The summed E-state index contributed by atoms with van der Waals surface area (Å²) < 4.78 is 1.78. The molecule has 1 aliphatic heterocycles. The molecule has 0 unspecified atom stereocenters. The highest BCUT2D eigenvalue weighted by Crippen LogP contribution is 1.79. The van der Waals surface area contributed by atoms with E-state index in [1.165, 1.54) is 6.34 Å². The molecule has 9 heavy (non-hydrogen) atoms. The molecule has 0 fully saturated rings. The largest absolute Gasteiger partial charge is 0.304 e. The summed E-state index contributed by atoms with van der Waals surface area (Å²) in [7, 11) is 1.88. The summed E-state index contributed by atoms with van der Waals surface area (Å²) in [5.74, 6) is 3.77. The predicted molar refractivity (Wildman–Crippen MR) is 37.4 cm³/mol. The van der Waals surface area contributed by atoms with Crippen LogP contribution >= 0.6 is 0 Å². The van der Waals surface area contributed by atoms with Crippen molar-refractivity contribution in [2.75, 3.05) is 7.05 Å². The first-order valence-electron chi connectivity index (χ1n) is 2.68. The van der Waals surface area contributed by atoms with Gasteiger partial charge in [0.1, 0.15) is 6.20 Å². The Morgan fingerprint density at radius 1 is 1.67 bits per heavy atom. The highest BCUT2D eigenvalue weighted by molar-refractivity contribution is 5.83. The van der Waals surface area contributed by atoms with Crippen molar-refractivity contribution in [2.24, 2.45) is 9.98 Å². The summed E-state index contributed by atoms with van der Waals surface area (Å²) in [6, 6.07) is 0. The molecule has 1 heterocycles.